The van der Waals surface area contributed by atoms with Crippen LogP contribution in [0.4, 0.5) is 0 Å². The van der Waals surface area contributed by atoms with Crippen molar-refractivity contribution in [3.05, 3.63) is 12.2 Å². The molecule has 1 amide bonds. The lowest BCUT2D eigenvalue weighted by molar-refractivity contribution is -0.302. The van der Waals surface area contributed by atoms with E-state index in [9.17, 15) is 30.3 Å². The second-order valence-corrected chi connectivity index (χ2v) is 20.5. The van der Waals surface area contributed by atoms with Crippen LogP contribution in [0, 0.1) is 0 Å². The smallest absolute Gasteiger partial charge is 0.220 e. The number of amides is 1. The Balaban J connectivity index is 2.14. The Bertz CT molecular complexity index is 1040. The molecule has 1 rings (SSSR count). The third-order valence-electron chi connectivity index (χ3n) is 14.1. The second-order valence-electron chi connectivity index (χ2n) is 20.5. The molecule has 0 bridgehead atoms. The lowest BCUT2D eigenvalue weighted by Gasteiger charge is -2.40. The maximum absolute atomic E-state index is 13.0. The number of aliphatic hydroxyl groups is 5. The summed E-state index contributed by atoms with van der Waals surface area (Å²) in [5, 5.41) is 54.4. The van der Waals surface area contributed by atoms with Gasteiger partial charge in [-0.2, -0.15) is 0 Å². The number of ether oxygens (including phenoxy) is 2. The van der Waals surface area contributed by atoms with E-state index in [1.807, 2.05) is 6.08 Å². The van der Waals surface area contributed by atoms with Crippen LogP contribution >= 0.6 is 0 Å². The van der Waals surface area contributed by atoms with Gasteiger partial charge in [-0.15, -0.1) is 0 Å². The van der Waals surface area contributed by atoms with Gasteiger partial charge in [0.1, 0.15) is 24.4 Å². The number of aliphatic hydroxyl groups excluding tert-OH is 5. The van der Waals surface area contributed by atoms with Gasteiger partial charge in [0.2, 0.25) is 5.91 Å². The predicted molar refractivity (Wildman–Crippen MR) is 277 cm³/mol. The van der Waals surface area contributed by atoms with Gasteiger partial charge in [0.05, 0.1) is 25.4 Å². The van der Waals surface area contributed by atoms with E-state index in [1.54, 1.807) is 6.08 Å². The minimum atomic E-state index is -1.56. The highest BCUT2D eigenvalue weighted by Crippen LogP contribution is 2.23. The molecule has 0 aliphatic carbocycles. The number of allylic oxidation sites excluding steroid dienone is 1. The molecule has 0 radical (unpaired) electrons. The number of hydrogen-bond acceptors (Lipinski definition) is 8. The molecule has 0 aromatic rings. The van der Waals surface area contributed by atoms with Crippen LogP contribution in [-0.4, -0.2) is 87.5 Å². The van der Waals surface area contributed by atoms with E-state index in [4.69, 9.17) is 9.47 Å². The van der Waals surface area contributed by atoms with Crippen molar-refractivity contribution in [2.75, 3.05) is 13.2 Å². The van der Waals surface area contributed by atoms with E-state index in [0.29, 0.717) is 6.42 Å². The molecule has 7 atom stereocenters. The Hall–Kier alpha value is -1.07. The largest absolute Gasteiger partial charge is 0.394 e. The highest BCUT2D eigenvalue weighted by Gasteiger charge is 2.44. The van der Waals surface area contributed by atoms with Crippen molar-refractivity contribution >= 4 is 5.91 Å². The molecule has 0 aromatic carbocycles. The zero-order valence-corrected chi connectivity index (χ0v) is 43.5. The van der Waals surface area contributed by atoms with Gasteiger partial charge in [0.15, 0.2) is 6.29 Å². The first-order valence-electron chi connectivity index (χ1n) is 28.9. The molecule has 66 heavy (non-hydrogen) atoms. The topological polar surface area (TPSA) is 149 Å². The highest BCUT2D eigenvalue weighted by molar-refractivity contribution is 5.76. The monoisotopic (exact) mass is 938 g/mol. The molecule has 392 valence electrons. The quantitative estimate of drug-likeness (QED) is 0.0261. The lowest BCUT2D eigenvalue weighted by atomic mass is 9.99. The first kappa shape index (κ1) is 62.9. The zero-order valence-electron chi connectivity index (χ0n) is 43.5. The summed E-state index contributed by atoms with van der Waals surface area (Å²) in [5.41, 5.74) is 0. The Labute approximate surface area is 407 Å². The Morgan fingerprint density at radius 1 is 0.500 bits per heavy atom. The zero-order chi connectivity index (χ0) is 48.0. The van der Waals surface area contributed by atoms with Crippen LogP contribution in [0.3, 0.4) is 0 Å². The van der Waals surface area contributed by atoms with Crippen LogP contribution in [0.1, 0.15) is 290 Å². The number of carbonyl (C=O) groups is 1. The number of nitrogens with one attached hydrogen (secondary N) is 1. The fourth-order valence-electron chi connectivity index (χ4n) is 9.51. The normalized spacial score (nSPS) is 19.8. The van der Waals surface area contributed by atoms with Gasteiger partial charge in [-0.1, -0.05) is 276 Å². The minimum absolute atomic E-state index is 0.171. The summed E-state index contributed by atoms with van der Waals surface area (Å²) in [6, 6.07) is -0.799. The van der Waals surface area contributed by atoms with Gasteiger partial charge in [-0.05, 0) is 19.3 Å². The number of rotatable bonds is 50. The number of unbranched alkanes of at least 4 members (excludes halogenated alkanes) is 40. The molecule has 1 saturated heterocycles. The third kappa shape index (κ3) is 36.9. The van der Waals surface area contributed by atoms with E-state index in [1.165, 1.54) is 231 Å². The molecule has 2 unspecified atom stereocenters. The van der Waals surface area contributed by atoms with Gasteiger partial charge in [0, 0.05) is 6.42 Å². The van der Waals surface area contributed by atoms with Gasteiger partial charge >= 0.3 is 0 Å². The average Bonchev–Trinajstić information content (AvgIpc) is 3.32. The molecule has 9 nitrogen and oxygen atoms in total. The van der Waals surface area contributed by atoms with Crippen LogP contribution in [0.25, 0.3) is 0 Å². The first-order chi connectivity index (χ1) is 32.3. The maximum atomic E-state index is 13.0. The third-order valence-corrected chi connectivity index (χ3v) is 14.1. The summed E-state index contributed by atoms with van der Waals surface area (Å²) in [6.45, 7) is 3.81. The molecular weight excluding hydrogens is 827 g/mol. The highest BCUT2D eigenvalue weighted by atomic mass is 16.7. The fraction of sp³-hybridized carbons (Fsp3) is 0.947. The molecule has 6 N–H and O–H groups in total. The van der Waals surface area contributed by atoms with Crippen LogP contribution in [0.2, 0.25) is 0 Å². The Morgan fingerprint density at radius 3 is 1.18 bits per heavy atom. The van der Waals surface area contributed by atoms with Crippen molar-refractivity contribution < 1.29 is 39.8 Å². The molecule has 0 saturated carbocycles. The molecule has 0 spiro atoms. The maximum Gasteiger partial charge on any atom is 0.220 e. The van der Waals surface area contributed by atoms with Crippen molar-refractivity contribution in [3.63, 3.8) is 0 Å². The van der Waals surface area contributed by atoms with Crippen molar-refractivity contribution in [2.24, 2.45) is 0 Å². The fourth-order valence-corrected chi connectivity index (χ4v) is 9.51. The summed E-state index contributed by atoms with van der Waals surface area (Å²) >= 11 is 0. The van der Waals surface area contributed by atoms with Gasteiger partial charge in [0.25, 0.3) is 0 Å². The van der Waals surface area contributed by atoms with E-state index in [-0.39, 0.29) is 12.5 Å². The molecule has 1 fully saturated rings. The molecule has 1 aliphatic rings. The van der Waals surface area contributed by atoms with E-state index >= 15 is 0 Å². The molecular formula is C57H111NO8. The predicted octanol–water partition coefficient (Wildman–Crippen LogP) is 14.0. The van der Waals surface area contributed by atoms with Gasteiger partial charge in [-0.3, -0.25) is 4.79 Å². The SMILES string of the molecule is CCCCCCCCCCCCCC/C=C/[C@@H](O)[C@H](CO[C@@H]1O[C@H](CO)[C@H](O)C(O)C1O)NC(=O)CCCCCCCCCCCCCCCCCCCCCCCCCCCCCCC. The van der Waals surface area contributed by atoms with Crippen LogP contribution in [0.5, 0.6) is 0 Å². The van der Waals surface area contributed by atoms with Crippen LogP contribution < -0.4 is 5.32 Å². The van der Waals surface area contributed by atoms with Crippen LogP contribution in [-0.2, 0) is 14.3 Å². The molecule has 1 aliphatic heterocycles. The van der Waals surface area contributed by atoms with Gasteiger partial charge in [-0.25, -0.2) is 0 Å². The van der Waals surface area contributed by atoms with Crippen molar-refractivity contribution in [3.8, 4) is 0 Å². The first-order valence-corrected chi connectivity index (χ1v) is 28.9. The van der Waals surface area contributed by atoms with Crippen LogP contribution in [0.15, 0.2) is 12.2 Å². The molecule has 0 aromatic heterocycles. The molecule has 9 heteroatoms. The van der Waals surface area contributed by atoms with Gasteiger partial charge < -0.3 is 40.3 Å². The summed E-state index contributed by atoms with van der Waals surface area (Å²) in [7, 11) is 0. The lowest BCUT2D eigenvalue weighted by Crippen LogP contribution is -2.60. The number of hydrogen-bond donors (Lipinski definition) is 6. The standard InChI is InChI=1S/C57H111NO8/c1-3-5-7-9-11-13-15-17-19-20-21-22-23-24-25-26-27-28-29-30-31-32-33-35-37-39-41-43-45-47-53(61)58-50(49-65-57-56(64)55(63)54(62)52(48-59)66-57)51(60)46-44-42-40-38-36-34-18-16-14-12-10-8-6-4-2/h44,46,50-52,54-57,59-60,62-64H,3-43,45,47-49H2,1-2H3,(H,58,61)/b46-44+/t50-,51+,52+,54-,55?,56?,57+/m0/s1. The summed E-state index contributed by atoms with van der Waals surface area (Å²) < 4.78 is 11.3. The minimum Gasteiger partial charge on any atom is -0.394 e. The Morgan fingerprint density at radius 2 is 0.833 bits per heavy atom. The van der Waals surface area contributed by atoms with E-state index in [0.717, 1.165) is 38.5 Å². The van der Waals surface area contributed by atoms with Crippen molar-refractivity contribution in [2.45, 2.75) is 333 Å². The summed E-state index contributed by atoms with van der Waals surface area (Å²) in [6.07, 6.45) is 51.5. The Kier molecular flexibility index (Phi) is 45.4. The second kappa shape index (κ2) is 47.6. The number of carbonyl (C=O) groups excluding carboxylic acids is 1. The van der Waals surface area contributed by atoms with Crippen molar-refractivity contribution in [1.29, 1.82) is 0 Å². The average molecular weight is 939 g/mol. The van der Waals surface area contributed by atoms with Crippen molar-refractivity contribution in [1.82, 2.24) is 5.32 Å². The summed E-state index contributed by atoms with van der Waals surface area (Å²) in [4.78, 5) is 13.0. The molecule has 1 heterocycles. The summed E-state index contributed by atoms with van der Waals surface area (Å²) in [5.74, 6) is -0.171. The van der Waals surface area contributed by atoms with E-state index < -0.39 is 49.5 Å². The van der Waals surface area contributed by atoms with E-state index in [2.05, 4.69) is 19.2 Å².